The number of rotatable bonds is 7. The van der Waals surface area contributed by atoms with Crippen LogP contribution < -0.4 is 5.32 Å². The molecule has 1 aromatic carbocycles. The molecule has 1 unspecified atom stereocenters. The first kappa shape index (κ1) is 15.7. The number of aliphatic hydroxyl groups excluding tert-OH is 1. The molecule has 0 aliphatic carbocycles. The SMILES string of the molecule is Cc1cccc(C(=O)NCC(O)COCC(C)C)c1. The molecule has 0 heterocycles. The molecule has 1 rings (SSSR count). The second-order valence-corrected chi connectivity index (χ2v) is 5.16. The number of hydrogen-bond donors (Lipinski definition) is 2. The molecule has 0 radical (unpaired) electrons. The first-order valence-electron chi connectivity index (χ1n) is 6.59. The van der Waals surface area contributed by atoms with Crippen LogP contribution in [0.1, 0.15) is 29.8 Å². The first-order chi connectivity index (χ1) is 8.99. The average molecular weight is 265 g/mol. The number of nitrogens with one attached hydrogen (secondary N) is 1. The van der Waals surface area contributed by atoms with Gasteiger partial charge in [-0.25, -0.2) is 0 Å². The molecule has 4 nitrogen and oxygen atoms in total. The van der Waals surface area contributed by atoms with Crippen molar-refractivity contribution < 1.29 is 14.6 Å². The maximum atomic E-state index is 11.8. The van der Waals surface area contributed by atoms with Gasteiger partial charge in [0.2, 0.25) is 0 Å². The molecule has 0 saturated carbocycles. The van der Waals surface area contributed by atoms with Crippen molar-refractivity contribution in [3.63, 3.8) is 0 Å². The summed E-state index contributed by atoms with van der Waals surface area (Å²) in [6.07, 6.45) is -0.674. The molecule has 0 bridgehead atoms. The third-order valence-corrected chi connectivity index (χ3v) is 2.54. The van der Waals surface area contributed by atoms with Gasteiger partial charge in [0.1, 0.15) is 0 Å². The summed E-state index contributed by atoms with van der Waals surface area (Å²) in [6.45, 7) is 7.09. The van der Waals surface area contributed by atoms with Crippen LogP contribution in [0.2, 0.25) is 0 Å². The molecular weight excluding hydrogens is 242 g/mol. The number of aliphatic hydroxyl groups is 1. The lowest BCUT2D eigenvalue weighted by Crippen LogP contribution is -2.34. The molecule has 2 N–H and O–H groups in total. The molecule has 1 atom stereocenters. The smallest absolute Gasteiger partial charge is 0.251 e. The van der Waals surface area contributed by atoms with Crippen LogP contribution in [-0.4, -0.2) is 36.9 Å². The zero-order chi connectivity index (χ0) is 14.3. The van der Waals surface area contributed by atoms with Crippen molar-refractivity contribution >= 4 is 5.91 Å². The van der Waals surface area contributed by atoms with Crippen molar-refractivity contribution in [3.8, 4) is 0 Å². The second kappa shape index (κ2) is 7.92. The van der Waals surface area contributed by atoms with Crippen LogP contribution in [0.25, 0.3) is 0 Å². The van der Waals surface area contributed by atoms with E-state index >= 15 is 0 Å². The van der Waals surface area contributed by atoms with Crippen LogP contribution >= 0.6 is 0 Å². The van der Waals surface area contributed by atoms with Gasteiger partial charge in [-0.1, -0.05) is 31.5 Å². The molecule has 106 valence electrons. The van der Waals surface area contributed by atoms with Gasteiger partial charge in [0, 0.05) is 18.7 Å². The predicted octanol–water partition coefficient (Wildman–Crippen LogP) is 1.76. The summed E-state index contributed by atoms with van der Waals surface area (Å²) in [7, 11) is 0. The Morgan fingerprint density at radius 3 is 2.74 bits per heavy atom. The predicted molar refractivity (Wildman–Crippen MR) is 75.2 cm³/mol. The molecule has 1 amide bonds. The zero-order valence-corrected chi connectivity index (χ0v) is 11.8. The number of aryl methyl sites for hydroxylation is 1. The Balaban J connectivity index is 2.30. The summed E-state index contributed by atoms with van der Waals surface area (Å²) in [5.74, 6) is 0.265. The fourth-order valence-corrected chi connectivity index (χ4v) is 1.60. The molecule has 0 aliphatic heterocycles. The van der Waals surface area contributed by atoms with E-state index in [1.807, 2.05) is 39.0 Å². The fourth-order valence-electron chi connectivity index (χ4n) is 1.60. The van der Waals surface area contributed by atoms with E-state index in [4.69, 9.17) is 4.74 Å². The zero-order valence-electron chi connectivity index (χ0n) is 11.8. The van der Waals surface area contributed by atoms with Crippen LogP contribution in [0, 0.1) is 12.8 Å². The van der Waals surface area contributed by atoms with Crippen LogP contribution in [0.3, 0.4) is 0 Å². The third kappa shape index (κ3) is 6.36. The Hall–Kier alpha value is -1.39. The lowest BCUT2D eigenvalue weighted by molar-refractivity contribution is 0.0259. The molecule has 4 heteroatoms. The van der Waals surface area contributed by atoms with E-state index in [2.05, 4.69) is 5.32 Å². The van der Waals surface area contributed by atoms with E-state index in [1.54, 1.807) is 6.07 Å². The van der Waals surface area contributed by atoms with Crippen molar-refractivity contribution in [2.24, 2.45) is 5.92 Å². The summed E-state index contributed by atoms with van der Waals surface area (Å²) in [5, 5.41) is 12.4. The Morgan fingerprint density at radius 1 is 1.37 bits per heavy atom. The lowest BCUT2D eigenvalue weighted by Gasteiger charge is -2.13. The molecule has 0 aromatic heterocycles. The standard InChI is InChI=1S/C15H23NO3/c1-11(2)9-19-10-14(17)8-16-15(18)13-6-4-5-12(3)7-13/h4-7,11,14,17H,8-10H2,1-3H3,(H,16,18). The highest BCUT2D eigenvalue weighted by Gasteiger charge is 2.09. The topological polar surface area (TPSA) is 58.6 Å². The van der Waals surface area contributed by atoms with E-state index in [-0.39, 0.29) is 19.1 Å². The van der Waals surface area contributed by atoms with Crippen LogP contribution in [0.15, 0.2) is 24.3 Å². The lowest BCUT2D eigenvalue weighted by atomic mass is 10.1. The normalized spacial score (nSPS) is 12.5. The summed E-state index contributed by atoms with van der Waals surface area (Å²) in [5.41, 5.74) is 1.64. The number of ether oxygens (including phenoxy) is 1. The maximum Gasteiger partial charge on any atom is 0.251 e. The van der Waals surface area contributed by atoms with Gasteiger partial charge in [0.15, 0.2) is 0 Å². The quantitative estimate of drug-likeness (QED) is 0.790. The molecular formula is C15H23NO3. The van der Waals surface area contributed by atoms with E-state index in [9.17, 15) is 9.90 Å². The highest BCUT2D eigenvalue weighted by molar-refractivity contribution is 5.94. The fraction of sp³-hybridized carbons (Fsp3) is 0.533. The van der Waals surface area contributed by atoms with Gasteiger partial charge in [-0.15, -0.1) is 0 Å². The van der Waals surface area contributed by atoms with E-state index in [1.165, 1.54) is 0 Å². The van der Waals surface area contributed by atoms with E-state index in [0.29, 0.717) is 18.1 Å². The number of amides is 1. The Kier molecular flexibility index (Phi) is 6.53. The minimum atomic E-state index is -0.674. The van der Waals surface area contributed by atoms with Crippen LogP contribution in [-0.2, 0) is 4.74 Å². The maximum absolute atomic E-state index is 11.8. The van der Waals surface area contributed by atoms with E-state index < -0.39 is 6.10 Å². The van der Waals surface area contributed by atoms with Crippen molar-refractivity contribution in [2.75, 3.05) is 19.8 Å². The van der Waals surface area contributed by atoms with E-state index in [0.717, 1.165) is 5.56 Å². The number of carbonyl (C=O) groups is 1. The van der Waals surface area contributed by atoms with Gasteiger partial charge in [0.05, 0.1) is 12.7 Å². The summed E-state index contributed by atoms with van der Waals surface area (Å²) >= 11 is 0. The minimum absolute atomic E-state index is 0.174. The summed E-state index contributed by atoms with van der Waals surface area (Å²) in [6, 6.07) is 7.35. The second-order valence-electron chi connectivity index (χ2n) is 5.16. The van der Waals surface area contributed by atoms with Crippen molar-refractivity contribution in [1.82, 2.24) is 5.32 Å². The molecule has 0 fully saturated rings. The van der Waals surface area contributed by atoms with Gasteiger partial charge in [-0.2, -0.15) is 0 Å². The van der Waals surface area contributed by atoms with Crippen molar-refractivity contribution in [3.05, 3.63) is 35.4 Å². The Bertz CT molecular complexity index is 404. The molecule has 19 heavy (non-hydrogen) atoms. The molecule has 0 saturated heterocycles. The number of carbonyl (C=O) groups excluding carboxylic acids is 1. The number of benzene rings is 1. The molecule has 0 aliphatic rings. The van der Waals surface area contributed by atoms with Crippen LogP contribution in [0.4, 0.5) is 0 Å². The van der Waals surface area contributed by atoms with Gasteiger partial charge in [-0.05, 0) is 25.0 Å². The Labute approximate surface area is 114 Å². The Morgan fingerprint density at radius 2 is 2.11 bits per heavy atom. The van der Waals surface area contributed by atoms with Crippen molar-refractivity contribution in [1.29, 1.82) is 0 Å². The van der Waals surface area contributed by atoms with Gasteiger partial charge in [0.25, 0.3) is 5.91 Å². The van der Waals surface area contributed by atoms with Gasteiger partial charge < -0.3 is 15.2 Å². The van der Waals surface area contributed by atoms with Gasteiger partial charge in [-0.3, -0.25) is 4.79 Å². The minimum Gasteiger partial charge on any atom is -0.389 e. The first-order valence-corrected chi connectivity index (χ1v) is 6.59. The average Bonchev–Trinajstić information content (AvgIpc) is 2.35. The van der Waals surface area contributed by atoms with Gasteiger partial charge >= 0.3 is 0 Å². The highest BCUT2D eigenvalue weighted by Crippen LogP contribution is 2.03. The third-order valence-electron chi connectivity index (χ3n) is 2.54. The molecule has 0 spiro atoms. The van der Waals surface area contributed by atoms with Crippen LogP contribution in [0.5, 0.6) is 0 Å². The van der Waals surface area contributed by atoms with Crippen molar-refractivity contribution in [2.45, 2.75) is 26.9 Å². The monoisotopic (exact) mass is 265 g/mol. The largest absolute Gasteiger partial charge is 0.389 e. The molecule has 1 aromatic rings. The highest BCUT2D eigenvalue weighted by atomic mass is 16.5. The summed E-state index contributed by atoms with van der Waals surface area (Å²) < 4.78 is 5.31. The number of hydrogen-bond acceptors (Lipinski definition) is 3. The summed E-state index contributed by atoms with van der Waals surface area (Å²) in [4.78, 5) is 11.8.